The molecule has 0 atom stereocenters. The van der Waals surface area contributed by atoms with E-state index in [-0.39, 0.29) is 12.1 Å². The van der Waals surface area contributed by atoms with Crippen LogP contribution in [0.5, 0.6) is 0 Å². The third-order valence-electron chi connectivity index (χ3n) is 2.58. The van der Waals surface area contributed by atoms with Crippen LogP contribution in [0, 0.1) is 0 Å². The molecular formula is C9H20N2O. The molecule has 0 radical (unpaired) electrons. The van der Waals surface area contributed by atoms with Gasteiger partial charge in [0.1, 0.15) is 0 Å². The lowest BCUT2D eigenvalue weighted by molar-refractivity contribution is 0.0626. The Morgan fingerprint density at radius 3 is 2.75 bits per heavy atom. The summed E-state index contributed by atoms with van der Waals surface area (Å²) in [5.41, 5.74) is -0.0496. The van der Waals surface area contributed by atoms with Crippen molar-refractivity contribution in [3.8, 4) is 0 Å². The topological polar surface area (TPSA) is 35.5 Å². The maximum absolute atomic E-state index is 9.18. The number of hydrogen-bond donors (Lipinski definition) is 2. The maximum atomic E-state index is 9.18. The van der Waals surface area contributed by atoms with E-state index in [0.29, 0.717) is 0 Å². The van der Waals surface area contributed by atoms with E-state index >= 15 is 0 Å². The van der Waals surface area contributed by atoms with Crippen molar-refractivity contribution in [1.29, 1.82) is 0 Å². The maximum Gasteiger partial charge on any atom is 0.0610 e. The first-order chi connectivity index (χ1) is 5.67. The van der Waals surface area contributed by atoms with Crippen molar-refractivity contribution >= 4 is 0 Å². The summed E-state index contributed by atoms with van der Waals surface area (Å²) in [6, 6.07) is 0. The van der Waals surface area contributed by atoms with Gasteiger partial charge in [-0.2, -0.15) is 0 Å². The molecule has 0 bridgehead atoms. The van der Waals surface area contributed by atoms with Crippen LogP contribution in [-0.2, 0) is 0 Å². The average molecular weight is 172 g/mol. The molecule has 1 rings (SSSR count). The molecule has 0 saturated carbocycles. The van der Waals surface area contributed by atoms with Crippen LogP contribution in [0.1, 0.15) is 20.3 Å². The predicted molar refractivity (Wildman–Crippen MR) is 50.2 cm³/mol. The van der Waals surface area contributed by atoms with Crippen LogP contribution < -0.4 is 5.32 Å². The van der Waals surface area contributed by atoms with E-state index in [2.05, 4.69) is 24.1 Å². The Labute approximate surface area is 74.8 Å². The molecule has 1 saturated heterocycles. The van der Waals surface area contributed by atoms with Gasteiger partial charge >= 0.3 is 0 Å². The molecule has 0 amide bonds. The number of aliphatic hydroxyl groups is 1. The lowest BCUT2D eigenvalue weighted by atomic mass is 10.0. The van der Waals surface area contributed by atoms with Crippen molar-refractivity contribution in [2.75, 3.05) is 32.8 Å². The molecule has 1 aliphatic rings. The van der Waals surface area contributed by atoms with E-state index in [9.17, 15) is 5.11 Å². The van der Waals surface area contributed by atoms with E-state index < -0.39 is 0 Å². The summed E-state index contributed by atoms with van der Waals surface area (Å²) in [5.74, 6) is 0. The molecule has 0 unspecified atom stereocenters. The second kappa shape index (κ2) is 4.21. The minimum Gasteiger partial charge on any atom is -0.394 e. The van der Waals surface area contributed by atoms with Gasteiger partial charge in [0, 0.05) is 25.2 Å². The summed E-state index contributed by atoms with van der Waals surface area (Å²) in [6.07, 6.45) is 1.18. The zero-order valence-electron chi connectivity index (χ0n) is 8.14. The summed E-state index contributed by atoms with van der Waals surface area (Å²) in [7, 11) is 0. The van der Waals surface area contributed by atoms with E-state index in [1.165, 1.54) is 6.42 Å². The molecule has 0 aliphatic carbocycles. The number of nitrogens with one attached hydrogen (secondary N) is 1. The summed E-state index contributed by atoms with van der Waals surface area (Å²) in [5, 5.41) is 12.5. The van der Waals surface area contributed by atoms with Gasteiger partial charge in [-0.15, -0.1) is 0 Å². The van der Waals surface area contributed by atoms with Crippen molar-refractivity contribution in [2.24, 2.45) is 0 Å². The Morgan fingerprint density at radius 1 is 1.33 bits per heavy atom. The van der Waals surface area contributed by atoms with Gasteiger partial charge in [0.15, 0.2) is 0 Å². The smallest absolute Gasteiger partial charge is 0.0610 e. The fourth-order valence-electron chi connectivity index (χ4n) is 1.55. The highest BCUT2D eigenvalue weighted by Crippen LogP contribution is 2.14. The molecule has 0 aromatic heterocycles. The zero-order chi connectivity index (χ0) is 9.03. The minimum absolute atomic E-state index is 0.0496. The standard InChI is InChI=1S/C9H20N2O/c1-9(2,8-12)11-6-3-4-10-5-7-11/h10,12H,3-8H2,1-2H3. The average Bonchev–Trinajstić information content (AvgIpc) is 2.32. The fourth-order valence-corrected chi connectivity index (χ4v) is 1.55. The quantitative estimate of drug-likeness (QED) is 0.618. The number of rotatable bonds is 2. The molecule has 1 heterocycles. The summed E-state index contributed by atoms with van der Waals surface area (Å²) >= 11 is 0. The van der Waals surface area contributed by atoms with Crippen molar-refractivity contribution in [3.05, 3.63) is 0 Å². The predicted octanol–water partition coefficient (Wildman–Crippen LogP) is 0.0526. The van der Waals surface area contributed by atoms with Crippen LogP contribution in [-0.4, -0.2) is 48.3 Å². The van der Waals surface area contributed by atoms with Crippen LogP contribution in [0.25, 0.3) is 0 Å². The molecule has 0 aromatic rings. The molecule has 0 spiro atoms. The molecule has 1 aliphatic heterocycles. The first kappa shape index (κ1) is 9.96. The van der Waals surface area contributed by atoms with Crippen molar-refractivity contribution in [1.82, 2.24) is 10.2 Å². The van der Waals surface area contributed by atoms with Crippen LogP contribution in [0.3, 0.4) is 0 Å². The lowest BCUT2D eigenvalue weighted by Crippen LogP contribution is -2.48. The van der Waals surface area contributed by atoms with Crippen molar-refractivity contribution in [2.45, 2.75) is 25.8 Å². The van der Waals surface area contributed by atoms with Gasteiger partial charge in [0.05, 0.1) is 6.61 Å². The van der Waals surface area contributed by atoms with E-state index in [4.69, 9.17) is 0 Å². The number of nitrogens with zero attached hydrogens (tertiary/aromatic N) is 1. The van der Waals surface area contributed by atoms with E-state index in [0.717, 1.165) is 26.2 Å². The molecule has 12 heavy (non-hydrogen) atoms. The van der Waals surface area contributed by atoms with Gasteiger partial charge in [0.2, 0.25) is 0 Å². The molecule has 72 valence electrons. The molecular weight excluding hydrogens is 152 g/mol. The number of aliphatic hydroxyl groups excluding tert-OH is 1. The molecule has 3 nitrogen and oxygen atoms in total. The Bertz CT molecular complexity index is 128. The minimum atomic E-state index is -0.0496. The molecule has 1 fully saturated rings. The zero-order valence-corrected chi connectivity index (χ0v) is 8.14. The van der Waals surface area contributed by atoms with E-state index in [1.54, 1.807) is 0 Å². The largest absolute Gasteiger partial charge is 0.394 e. The SMILES string of the molecule is CC(C)(CO)N1CCCNCC1. The Kier molecular flexibility index (Phi) is 3.50. The Morgan fingerprint density at radius 2 is 2.08 bits per heavy atom. The highest BCUT2D eigenvalue weighted by molar-refractivity contribution is 4.82. The van der Waals surface area contributed by atoms with Crippen LogP contribution in [0.2, 0.25) is 0 Å². The van der Waals surface area contributed by atoms with Crippen molar-refractivity contribution < 1.29 is 5.11 Å². The summed E-state index contributed by atoms with van der Waals surface area (Å²) in [4.78, 5) is 2.35. The van der Waals surface area contributed by atoms with Crippen LogP contribution >= 0.6 is 0 Å². The van der Waals surface area contributed by atoms with Gasteiger partial charge in [-0.05, 0) is 26.8 Å². The van der Waals surface area contributed by atoms with Crippen molar-refractivity contribution in [3.63, 3.8) is 0 Å². The Balaban J connectivity index is 2.47. The second-order valence-corrected chi connectivity index (χ2v) is 4.06. The number of hydrogen-bond acceptors (Lipinski definition) is 3. The molecule has 2 N–H and O–H groups in total. The van der Waals surface area contributed by atoms with Crippen LogP contribution in [0.15, 0.2) is 0 Å². The van der Waals surface area contributed by atoms with Gasteiger partial charge in [-0.1, -0.05) is 0 Å². The summed E-state index contributed by atoms with van der Waals surface area (Å²) < 4.78 is 0. The third-order valence-corrected chi connectivity index (χ3v) is 2.58. The Hall–Kier alpha value is -0.120. The lowest BCUT2D eigenvalue weighted by Gasteiger charge is -2.36. The normalized spacial score (nSPS) is 22.2. The highest BCUT2D eigenvalue weighted by Gasteiger charge is 2.25. The molecule has 3 heteroatoms. The monoisotopic (exact) mass is 172 g/mol. The fraction of sp³-hybridized carbons (Fsp3) is 1.00. The first-order valence-electron chi connectivity index (χ1n) is 4.73. The van der Waals surface area contributed by atoms with Crippen LogP contribution in [0.4, 0.5) is 0 Å². The van der Waals surface area contributed by atoms with Gasteiger partial charge in [-0.3, -0.25) is 4.90 Å². The van der Waals surface area contributed by atoms with Gasteiger partial charge in [-0.25, -0.2) is 0 Å². The third kappa shape index (κ3) is 2.44. The highest BCUT2D eigenvalue weighted by atomic mass is 16.3. The molecule has 0 aromatic carbocycles. The van der Waals surface area contributed by atoms with E-state index in [1.807, 2.05) is 0 Å². The van der Waals surface area contributed by atoms with Gasteiger partial charge in [0.25, 0.3) is 0 Å². The summed E-state index contributed by atoms with van der Waals surface area (Å²) in [6.45, 7) is 8.74. The van der Waals surface area contributed by atoms with Gasteiger partial charge < -0.3 is 10.4 Å². The second-order valence-electron chi connectivity index (χ2n) is 4.06. The first-order valence-corrected chi connectivity index (χ1v) is 4.73.